The number of carbonyl (C=O) groups is 4. The van der Waals surface area contributed by atoms with Crippen molar-refractivity contribution in [1.82, 2.24) is 0 Å². The lowest BCUT2D eigenvalue weighted by atomic mass is 9.79. The van der Waals surface area contributed by atoms with Gasteiger partial charge in [-0.3, -0.25) is 14.4 Å². The van der Waals surface area contributed by atoms with Crippen LogP contribution in [-0.4, -0.2) is 43.5 Å². The van der Waals surface area contributed by atoms with E-state index >= 15 is 0 Å². The number of carbonyl (C=O) groups excluding carboxylic acids is 3. The van der Waals surface area contributed by atoms with E-state index in [9.17, 15) is 19.2 Å². The van der Waals surface area contributed by atoms with Crippen LogP contribution in [0.2, 0.25) is 0 Å². The summed E-state index contributed by atoms with van der Waals surface area (Å²) in [5, 5.41) is 8.64. The van der Waals surface area contributed by atoms with E-state index in [4.69, 9.17) is 5.11 Å². The Bertz CT molecular complexity index is 318. The molecule has 0 unspecified atom stereocenters. The SMILES string of the molecule is COC(=O)C(CCC=O)(CCC(=O)O)C(=O)OC. The largest absolute Gasteiger partial charge is 0.481 e. The van der Waals surface area contributed by atoms with Gasteiger partial charge in [0, 0.05) is 12.8 Å². The molecule has 0 rings (SSSR count). The first-order valence-corrected chi connectivity index (χ1v) is 5.27. The summed E-state index contributed by atoms with van der Waals surface area (Å²) < 4.78 is 9.04. The molecule has 0 aromatic carbocycles. The zero-order chi connectivity index (χ0) is 14.2. The van der Waals surface area contributed by atoms with Crippen molar-refractivity contribution in [2.75, 3.05) is 14.2 Å². The van der Waals surface area contributed by atoms with Crippen molar-refractivity contribution in [2.45, 2.75) is 25.7 Å². The number of carboxylic acid groups (broad SMARTS) is 1. The van der Waals surface area contributed by atoms with Crippen LogP contribution in [0.15, 0.2) is 0 Å². The molecule has 0 fully saturated rings. The normalized spacial score (nSPS) is 10.6. The Morgan fingerprint density at radius 3 is 1.94 bits per heavy atom. The van der Waals surface area contributed by atoms with Crippen LogP contribution < -0.4 is 0 Å². The smallest absolute Gasteiger partial charge is 0.323 e. The van der Waals surface area contributed by atoms with Gasteiger partial charge in [-0.15, -0.1) is 0 Å². The Kier molecular flexibility index (Phi) is 6.62. The molecule has 0 aromatic heterocycles. The number of hydrogen-bond donors (Lipinski definition) is 1. The third-order valence-electron chi connectivity index (χ3n) is 2.61. The summed E-state index contributed by atoms with van der Waals surface area (Å²) in [5.41, 5.74) is -1.73. The van der Waals surface area contributed by atoms with Gasteiger partial charge in [0.1, 0.15) is 6.29 Å². The fourth-order valence-electron chi connectivity index (χ4n) is 1.63. The lowest BCUT2D eigenvalue weighted by Gasteiger charge is -2.26. The predicted octanol–water partition coefficient (Wildman–Crippen LogP) is 0.163. The molecular weight excluding hydrogens is 244 g/mol. The number of hydrogen-bond acceptors (Lipinski definition) is 6. The van der Waals surface area contributed by atoms with Gasteiger partial charge in [0.25, 0.3) is 0 Å². The molecule has 0 radical (unpaired) electrons. The van der Waals surface area contributed by atoms with E-state index < -0.39 is 29.7 Å². The van der Waals surface area contributed by atoms with E-state index in [1.54, 1.807) is 0 Å². The van der Waals surface area contributed by atoms with Crippen molar-refractivity contribution in [1.29, 1.82) is 0 Å². The summed E-state index contributed by atoms with van der Waals surface area (Å²) in [6, 6.07) is 0. The van der Waals surface area contributed by atoms with Crippen LogP contribution in [0.1, 0.15) is 25.7 Å². The zero-order valence-corrected chi connectivity index (χ0v) is 10.3. The minimum absolute atomic E-state index is 0.0657. The van der Waals surface area contributed by atoms with Gasteiger partial charge in [0.2, 0.25) is 0 Å². The van der Waals surface area contributed by atoms with Crippen LogP contribution in [0.5, 0.6) is 0 Å². The molecule has 0 aliphatic rings. The summed E-state index contributed by atoms with van der Waals surface area (Å²) >= 11 is 0. The van der Waals surface area contributed by atoms with Crippen LogP contribution in [0, 0.1) is 5.41 Å². The van der Waals surface area contributed by atoms with Crippen molar-refractivity contribution in [2.24, 2.45) is 5.41 Å². The molecule has 0 saturated carbocycles. The number of aldehydes is 1. The van der Waals surface area contributed by atoms with Gasteiger partial charge < -0.3 is 19.4 Å². The first-order valence-electron chi connectivity index (χ1n) is 5.27. The maximum atomic E-state index is 11.7. The Morgan fingerprint density at radius 2 is 1.61 bits per heavy atom. The third kappa shape index (κ3) is 3.83. The molecule has 0 heterocycles. The molecule has 1 N–H and O–H groups in total. The molecule has 7 nitrogen and oxygen atoms in total. The Balaban J connectivity index is 5.23. The van der Waals surface area contributed by atoms with Gasteiger partial charge in [0.15, 0.2) is 5.41 Å². The van der Waals surface area contributed by atoms with Crippen molar-refractivity contribution in [3.05, 3.63) is 0 Å². The lowest BCUT2D eigenvalue weighted by Crippen LogP contribution is -2.41. The fourth-order valence-corrected chi connectivity index (χ4v) is 1.63. The average Bonchev–Trinajstić information content (AvgIpc) is 2.37. The quantitative estimate of drug-likeness (QED) is 0.376. The van der Waals surface area contributed by atoms with E-state index in [1.807, 2.05) is 0 Å². The van der Waals surface area contributed by atoms with Gasteiger partial charge in [-0.1, -0.05) is 0 Å². The molecular formula is C11H16O7. The minimum atomic E-state index is -1.73. The maximum Gasteiger partial charge on any atom is 0.323 e. The summed E-state index contributed by atoms with van der Waals surface area (Å²) in [4.78, 5) is 44.4. The summed E-state index contributed by atoms with van der Waals surface area (Å²) in [5.74, 6) is -2.94. The molecule has 0 atom stereocenters. The van der Waals surface area contributed by atoms with Gasteiger partial charge in [-0.2, -0.15) is 0 Å². The zero-order valence-electron chi connectivity index (χ0n) is 10.3. The molecule has 18 heavy (non-hydrogen) atoms. The first kappa shape index (κ1) is 16.1. The number of ether oxygens (including phenoxy) is 2. The second-order valence-electron chi connectivity index (χ2n) is 3.66. The van der Waals surface area contributed by atoms with Crippen molar-refractivity contribution >= 4 is 24.2 Å². The topological polar surface area (TPSA) is 107 Å². The lowest BCUT2D eigenvalue weighted by molar-refractivity contribution is -0.170. The average molecular weight is 260 g/mol. The number of esters is 2. The number of carboxylic acids is 1. The highest BCUT2D eigenvalue weighted by Gasteiger charge is 2.47. The van der Waals surface area contributed by atoms with Crippen LogP contribution in [0.25, 0.3) is 0 Å². The first-order chi connectivity index (χ1) is 8.44. The molecule has 0 spiro atoms. The highest BCUT2D eigenvalue weighted by atomic mass is 16.5. The molecule has 0 aromatic rings. The fraction of sp³-hybridized carbons (Fsp3) is 0.636. The molecule has 7 heteroatoms. The van der Waals surface area contributed by atoms with Crippen LogP contribution in [0.3, 0.4) is 0 Å². The summed E-state index contributed by atoms with van der Waals surface area (Å²) in [6.45, 7) is 0. The van der Waals surface area contributed by atoms with Crippen LogP contribution >= 0.6 is 0 Å². The second-order valence-corrected chi connectivity index (χ2v) is 3.66. The van der Waals surface area contributed by atoms with Crippen molar-refractivity contribution < 1.29 is 33.8 Å². The van der Waals surface area contributed by atoms with Gasteiger partial charge in [0.05, 0.1) is 14.2 Å². The molecule has 102 valence electrons. The van der Waals surface area contributed by atoms with E-state index in [2.05, 4.69) is 9.47 Å². The minimum Gasteiger partial charge on any atom is -0.481 e. The van der Waals surface area contributed by atoms with Gasteiger partial charge >= 0.3 is 17.9 Å². The van der Waals surface area contributed by atoms with E-state index in [-0.39, 0.29) is 19.3 Å². The Morgan fingerprint density at radius 1 is 1.11 bits per heavy atom. The Labute approximate surface area is 104 Å². The number of rotatable bonds is 8. The van der Waals surface area contributed by atoms with Crippen molar-refractivity contribution in [3.8, 4) is 0 Å². The highest BCUT2D eigenvalue weighted by Crippen LogP contribution is 2.32. The number of methoxy groups -OCH3 is 2. The maximum absolute atomic E-state index is 11.7. The third-order valence-corrected chi connectivity index (χ3v) is 2.61. The monoisotopic (exact) mass is 260 g/mol. The standard InChI is InChI=1S/C11H16O7/c1-17-9(15)11(5-3-7-12,10(16)18-2)6-4-8(13)14/h7H,3-6H2,1-2H3,(H,13,14). The molecule has 0 saturated heterocycles. The van der Waals surface area contributed by atoms with E-state index in [0.717, 1.165) is 14.2 Å². The number of aliphatic carboxylic acids is 1. The van der Waals surface area contributed by atoms with E-state index in [0.29, 0.717) is 6.29 Å². The van der Waals surface area contributed by atoms with Gasteiger partial charge in [-0.25, -0.2) is 0 Å². The molecule has 0 aliphatic heterocycles. The van der Waals surface area contributed by atoms with Crippen LogP contribution in [-0.2, 0) is 28.7 Å². The van der Waals surface area contributed by atoms with Crippen molar-refractivity contribution in [3.63, 3.8) is 0 Å². The van der Waals surface area contributed by atoms with E-state index in [1.165, 1.54) is 0 Å². The molecule has 0 bridgehead atoms. The molecule has 0 amide bonds. The van der Waals surface area contributed by atoms with Gasteiger partial charge in [-0.05, 0) is 12.8 Å². The molecule has 0 aliphatic carbocycles. The predicted molar refractivity (Wildman–Crippen MR) is 58.6 cm³/mol. The highest BCUT2D eigenvalue weighted by molar-refractivity contribution is 6.00. The summed E-state index contributed by atoms with van der Waals surface area (Å²) in [7, 11) is 2.17. The van der Waals surface area contributed by atoms with Crippen LogP contribution in [0.4, 0.5) is 0 Å². The Hall–Kier alpha value is -1.92. The summed E-state index contributed by atoms with van der Waals surface area (Å²) in [6.07, 6.45) is -0.326. The second kappa shape index (κ2) is 7.41.